The first kappa shape index (κ1) is 35.4. The van der Waals surface area contributed by atoms with E-state index in [0.29, 0.717) is 52.0 Å². The summed E-state index contributed by atoms with van der Waals surface area (Å²) in [7, 11) is 2.01. The fraction of sp³-hybridized carbons (Fsp3) is 0.500. The Balaban J connectivity index is 1.27. The highest BCUT2D eigenvalue weighted by molar-refractivity contribution is 6.35. The number of nitrogens with zero attached hydrogens (tertiary/aromatic N) is 3. The van der Waals surface area contributed by atoms with Crippen LogP contribution in [-0.4, -0.2) is 82.1 Å². The molecule has 1 saturated heterocycles. The lowest BCUT2D eigenvalue weighted by Crippen LogP contribution is -2.40. The number of halogens is 4. The summed E-state index contributed by atoms with van der Waals surface area (Å²) in [6.45, 7) is 2.79. The van der Waals surface area contributed by atoms with Gasteiger partial charge in [0.1, 0.15) is 17.4 Å². The number of carbonyl (C=O) groups is 1. The summed E-state index contributed by atoms with van der Waals surface area (Å²) in [4.78, 5) is 22.6. The Morgan fingerprint density at radius 2 is 1.63 bits per heavy atom. The van der Waals surface area contributed by atoms with Gasteiger partial charge in [-0.3, -0.25) is 9.88 Å². The second-order valence-electron chi connectivity index (χ2n) is 12.8. The van der Waals surface area contributed by atoms with Gasteiger partial charge in [0.05, 0.1) is 36.5 Å². The molecule has 3 fully saturated rings. The van der Waals surface area contributed by atoms with Crippen molar-refractivity contribution in [3.63, 3.8) is 0 Å². The van der Waals surface area contributed by atoms with E-state index in [-0.39, 0.29) is 23.5 Å². The second-order valence-corrected chi connectivity index (χ2v) is 13.6. The minimum Gasteiger partial charge on any atom is -0.492 e. The number of rotatable bonds is 17. The predicted octanol–water partition coefficient (Wildman–Crippen LogP) is 7.48. The van der Waals surface area contributed by atoms with Crippen molar-refractivity contribution in [1.82, 2.24) is 9.88 Å². The SMILES string of the molecule is CN(CCN1CCOCC1)c1ccc(C(=O)O[C@@H](Cc2c(Cl)cncc2Cl)c2ccc(OC(F)F)c(OCC3CC3)c2)c(OCC2CC2)c1. The van der Waals surface area contributed by atoms with Crippen molar-refractivity contribution < 1.29 is 37.3 Å². The Morgan fingerprint density at radius 3 is 2.29 bits per heavy atom. The van der Waals surface area contributed by atoms with Crippen molar-refractivity contribution in [2.45, 2.75) is 44.8 Å². The molecule has 0 unspecified atom stereocenters. The molecule has 2 aliphatic carbocycles. The molecule has 6 rings (SSSR count). The average molecular weight is 721 g/mol. The maximum Gasteiger partial charge on any atom is 0.387 e. The maximum absolute atomic E-state index is 14.0. The predicted molar refractivity (Wildman–Crippen MR) is 183 cm³/mol. The van der Waals surface area contributed by atoms with Crippen LogP contribution in [0.2, 0.25) is 10.0 Å². The number of benzene rings is 2. The molecule has 13 heteroatoms. The summed E-state index contributed by atoms with van der Waals surface area (Å²) in [5.41, 5.74) is 2.19. The van der Waals surface area contributed by atoms with Crippen LogP contribution in [0.3, 0.4) is 0 Å². The number of ether oxygens (including phenoxy) is 5. The third-order valence-corrected chi connectivity index (χ3v) is 9.62. The third-order valence-electron chi connectivity index (χ3n) is 8.97. The van der Waals surface area contributed by atoms with Crippen LogP contribution in [0, 0.1) is 11.8 Å². The quantitative estimate of drug-likeness (QED) is 0.132. The van der Waals surface area contributed by atoms with E-state index in [9.17, 15) is 13.6 Å². The number of hydrogen-bond acceptors (Lipinski definition) is 9. The lowest BCUT2D eigenvalue weighted by molar-refractivity contribution is -0.0515. The molecule has 264 valence electrons. The Kier molecular flexibility index (Phi) is 12.0. The van der Waals surface area contributed by atoms with Gasteiger partial charge in [-0.05, 0) is 72.9 Å². The first-order valence-electron chi connectivity index (χ1n) is 16.7. The van der Waals surface area contributed by atoms with Crippen molar-refractivity contribution >= 4 is 34.9 Å². The summed E-state index contributed by atoms with van der Waals surface area (Å²) in [6, 6.07) is 10.0. The summed E-state index contributed by atoms with van der Waals surface area (Å²) in [5.74, 6) is 0.664. The molecule has 0 N–H and O–H groups in total. The fourth-order valence-electron chi connectivity index (χ4n) is 5.54. The van der Waals surface area contributed by atoms with Crippen molar-refractivity contribution in [2.75, 3.05) is 64.6 Å². The van der Waals surface area contributed by atoms with Gasteiger partial charge in [0.25, 0.3) is 0 Å². The van der Waals surface area contributed by atoms with Gasteiger partial charge >= 0.3 is 12.6 Å². The molecule has 1 aliphatic heterocycles. The maximum atomic E-state index is 14.0. The van der Waals surface area contributed by atoms with Crippen LogP contribution < -0.4 is 19.1 Å². The second kappa shape index (κ2) is 16.6. The van der Waals surface area contributed by atoms with Crippen LogP contribution in [-0.2, 0) is 15.9 Å². The number of aromatic nitrogens is 1. The largest absolute Gasteiger partial charge is 0.492 e. The molecule has 2 heterocycles. The zero-order valence-electron chi connectivity index (χ0n) is 27.4. The van der Waals surface area contributed by atoms with Crippen molar-refractivity contribution in [3.8, 4) is 17.2 Å². The van der Waals surface area contributed by atoms with E-state index in [2.05, 4.69) is 14.8 Å². The Labute approximate surface area is 295 Å². The molecule has 1 atom stereocenters. The number of hydrogen-bond donors (Lipinski definition) is 0. The lowest BCUT2D eigenvalue weighted by atomic mass is 10.0. The molecule has 2 aromatic carbocycles. The average Bonchev–Trinajstić information content (AvgIpc) is 4.03. The highest BCUT2D eigenvalue weighted by Gasteiger charge is 2.28. The first-order chi connectivity index (χ1) is 23.7. The number of alkyl halides is 2. The molecule has 0 spiro atoms. The Bertz CT molecular complexity index is 1570. The minimum atomic E-state index is -3.03. The number of esters is 1. The number of carbonyl (C=O) groups excluding carboxylic acids is 1. The van der Waals surface area contributed by atoms with Gasteiger partial charge in [0.2, 0.25) is 0 Å². The molecular weight excluding hydrogens is 679 g/mol. The molecular formula is C36H41Cl2F2N3O6. The minimum absolute atomic E-state index is 0.0870. The summed E-state index contributed by atoms with van der Waals surface area (Å²) >= 11 is 13.0. The smallest absolute Gasteiger partial charge is 0.387 e. The van der Waals surface area contributed by atoms with Crippen molar-refractivity contribution in [3.05, 3.63) is 75.5 Å². The van der Waals surface area contributed by atoms with Crippen LogP contribution in [0.4, 0.5) is 14.5 Å². The van der Waals surface area contributed by atoms with Crippen LogP contribution >= 0.6 is 23.2 Å². The Morgan fingerprint density at radius 1 is 0.959 bits per heavy atom. The van der Waals surface area contributed by atoms with E-state index < -0.39 is 18.7 Å². The molecule has 0 radical (unpaired) electrons. The van der Waals surface area contributed by atoms with Crippen LogP contribution in [0.5, 0.6) is 17.2 Å². The molecule has 9 nitrogen and oxygen atoms in total. The molecule has 2 saturated carbocycles. The van der Waals surface area contributed by atoms with Gasteiger partial charge in [0, 0.05) is 63.8 Å². The zero-order valence-corrected chi connectivity index (χ0v) is 28.9. The monoisotopic (exact) mass is 719 g/mol. The van der Waals surface area contributed by atoms with E-state index >= 15 is 0 Å². The van der Waals surface area contributed by atoms with E-state index in [1.807, 2.05) is 19.2 Å². The van der Waals surface area contributed by atoms with Gasteiger partial charge < -0.3 is 28.6 Å². The molecule has 1 aromatic heterocycles. The third kappa shape index (κ3) is 10.1. The van der Waals surface area contributed by atoms with Gasteiger partial charge in [-0.25, -0.2) is 4.79 Å². The number of pyridine rings is 1. The lowest BCUT2D eigenvalue weighted by Gasteiger charge is -2.29. The summed E-state index contributed by atoms with van der Waals surface area (Å²) in [6.07, 6.45) is 6.28. The standard InChI is InChI=1S/C36H41Cl2F2N3O6/c1-42(10-11-43-12-14-45-15-13-43)26-7-8-27(33(17-26)46-21-23-2-3-23)35(44)48-32(18-28-29(37)19-41-20-30(28)38)25-6-9-31(49-36(39)40)34(16-25)47-22-24-4-5-24/h6-9,16-17,19-20,23-24,32,36H,2-5,10-15,18,21-22H2,1H3/t32-/m0/s1. The van der Waals surface area contributed by atoms with Gasteiger partial charge in [-0.1, -0.05) is 29.3 Å². The van der Waals surface area contributed by atoms with E-state index in [4.69, 9.17) is 46.9 Å². The van der Waals surface area contributed by atoms with Crippen LogP contribution in [0.1, 0.15) is 53.3 Å². The number of morpholine rings is 1. The van der Waals surface area contributed by atoms with Crippen molar-refractivity contribution in [1.29, 1.82) is 0 Å². The fourth-order valence-corrected chi connectivity index (χ4v) is 6.05. The topological polar surface area (TPSA) is 82.6 Å². The molecule has 3 aromatic rings. The van der Waals surface area contributed by atoms with Crippen molar-refractivity contribution in [2.24, 2.45) is 11.8 Å². The first-order valence-corrected chi connectivity index (χ1v) is 17.5. The molecule has 0 amide bonds. The molecule has 49 heavy (non-hydrogen) atoms. The van der Waals surface area contributed by atoms with E-state index in [0.717, 1.165) is 70.8 Å². The van der Waals surface area contributed by atoms with Crippen LogP contribution in [0.25, 0.3) is 0 Å². The van der Waals surface area contributed by atoms with E-state index in [1.54, 1.807) is 18.2 Å². The summed E-state index contributed by atoms with van der Waals surface area (Å²) in [5, 5.41) is 0.601. The zero-order chi connectivity index (χ0) is 34.3. The number of anilines is 1. The molecule has 3 aliphatic rings. The molecule has 0 bridgehead atoms. The van der Waals surface area contributed by atoms with Gasteiger partial charge in [-0.15, -0.1) is 0 Å². The highest BCUT2D eigenvalue weighted by atomic mass is 35.5. The Hall–Kier alpha value is -3.38. The number of likely N-dealkylation sites (N-methyl/N-ethyl adjacent to an activating group) is 1. The van der Waals surface area contributed by atoms with Gasteiger partial charge in [0.15, 0.2) is 11.5 Å². The highest BCUT2D eigenvalue weighted by Crippen LogP contribution is 2.39. The summed E-state index contributed by atoms with van der Waals surface area (Å²) < 4.78 is 55.1. The van der Waals surface area contributed by atoms with Gasteiger partial charge in [-0.2, -0.15) is 8.78 Å². The normalized spacial score (nSPS) is 17.1. The van der Waals surface area contributed by atoms with Crippen LogP contribution in [0.15, 0.2) is 48.8 Å². The van der Waals surface area contributed by atoms with E-state index in [1.165, 1.54) is 18.5 Å².